The van der Waals surface area contributed by atoms with E-state index in [1.165, 1.54) is 0 Å². The first-order valence-corrected chi connectivity index (χ1v) is 5.89. The molecular formula is C13H12N4O2. The van der Waals surface area contributed by atoms with Gasteiger partial charge in [-0.3, -0.25) is 4.40 Å². The third-order valence-electron chi connectivity index (χ3n) is 2.74. The number of nitrogens with zero attached hydrogens (tertiary/aromatic N) is 4. The van der Waals surface area contributed by atoms with Gasteiger partial charge >= 0.3 is 0 Å². The van der Waals surface area contributed by atoms with Crippen molar-refractivity contribution in [2.45, 2.75) is 6.42 Å². The topological polar surface area (TPSA) is 72.5 Å². The van der Waals surface area contributed by atoms with Gasteiger partial charge in [0, 0.05) is 19.0 Å². The van der Waals surface area contributed by atoms with E-state index in [9.17, 15) is 0 Å². The van der Waals surface area contributed by atoms with Gasteiger partial charge in [-0.25, -0.2) is 4.98 Å². The van der Waals surface area contributed by atoms with Crippen LogP contribution in [-0.2, 0) is 6.42 Å². The molecule has 0 aliphatic carbocycles. The van der Waals surface area contributed by atoms with Crippen LogP contribution in [0, 0.1) is 0 Å². The Balaban J connectivity index is 1.99. The average Bonchev–Trinajstić information content (AvgIpc) is 2.91. The highest BCUT2D eigenvalue weighted by atomic mass is 16.5. The number of aliphatic hydroxyl groups excluding tert-OH is 1. The molecule has 0 spiro atoms. The van der Waals surface area contributed by atoms with E-state index in [1.54, 1.807) is 23.1 Å². The van der Waals surface area contributed by atoms with Gasteiger partial charge in [-0.1, -0.05) is 18.2 Å². The Morgan fingerprint density at radius 2 is 2.16 bits per heavy atom. The Morgan fingerprint density at radius 3 is 3.05 bits per heavy atom. The molecule has 2 aromatic heterocycles. The predicted molar refractivity (Wildman–Crippen MR) is 68.1 cm³/mol. The molecule has 0 aliphatic rings. The molecule has 1 aromatic carbocycles. The highest BCUT2D eigenvalue weighted by Gasteiger charge is 2.09. The standard InChI is InChI=1S/C13H12N4O2/c18-8-5-10-3-1-2-4-11(10)19-13-12-16-15-9-17(12)7-6-14-13/h1-4,6-7,9,18H,5,8H2. The zero-order chi connectivity index (χ0) is 13.1. The first-order chi connectivity index (χ1) is 9.38. The van der Waals surface area contributed by atoms with E-state index in [4.69, 9.17) is 9.84 Å². The number of ether oxygens (including phenoxy) is 1. The molecule has 1 N–H and O–H groups in total. The van der Waals surface area contributed by atoms with Crippen LogP contribution in [-0.4, -0.2) is 31.3 Å². The Bertz CT molecular complexity index is 696. The van der Waals surface area contributed by atoms with Crippen molar-refractivity contribution in [1.82, 2.24) is 19.6 Å². The molecule has 0 radical (unpaired) electrons. The number of rotatable bonds is 4. The molecule has 0 amide bonds. The van der Waals surface area contributed by atoms with E-state index >= 15 is 0 Å². The first kappa shape index (κ1) is 11.6. The van der Waals surface area contributed by atoms with Crippen LogP contribution in [0.15, 0.2) is 43.0 Å². The van der Waals surface area contributed by atoms with Gasteiger partial charge in [0.2, 0.25) is 5.65 Å². The average molecular weight is 256 g/mol. The van der Waals surface area contributed by atoms with Crippen molar-refractivity contribution in [1.29, 1.82) is 0 Å². The molecule has 2 heterocycles. The molecule has 0 saturated heterocycles. The molecule has 0 aliphatic heterocycles. The van der Waals surface area contributed by atoms with Gasteiger partial charge in [0.05, 0.1) is 0 Å². The minimum atomic E-state index is 0.0724. The monoisotopic (exact) mass is 256 g/mol. The van der Waals surface area contributed by atoms with Crippen LogP contribution in [0.2, 0.25) is 0 Å². The van der Waals surface area contributed by atoms with Crippen LogP contribution in [0.25, 0.3) is 5.65 Å². The molecule has 0 atom stereocenters. The third kappa shape index (κ3) is 2.25. The second-order valence-corrected chi connectivity index (χ2v) is 3.98. The molecular weight excluding hydrogens is 244 g/mol. The van der Waals surface area contributed by atoms with Crippen LogP contribution in [0.3, 0.4) is 0 Å². The van der Waals surface area contributed by atoms with Gasteiger partial charge in [0.15, 0.2) is 0 Å². The lowest BCUT2D eigenvalue weighted by atomic mass is 10.1. The summed E-state index contributed by atoms with van der Waals surface area (Å²) in [6.45, 7) is 0.0724. The fourth-order valence-corrected chi connectivity index (χ4v) is 1.84. The number of aromatic nitrogens is 4. The summed E-state index contributed by atoms with van der Waals surface area (Å²) in [6, 6.07) is 7.53. The van der Waals surface area contributed by atoms with Crippen LogP contribution >= 0.6 is 0 Å². The molecule has 96 valence electrons. The fraction of sp³-hybridized carbons (Fsp3) is 0.154. The van der Waals surface area contributed by atoms with Crippen molar-refractivity contribution in [3.8, 4) is 11.6 Å². The zero-order valence-electron chi connectivity index (χ0n) is 10.1. The summed E-state index contributed by atoms with van der Waals surface area (Å²) in [4.78, 5) is 4.17. The van der Waals surface area contributed by atoms with E-state index in [-0.39, 0.29) is 6.61 Å². The number of benzene rings is 1. The number of hydrogen-bond donors (Lipinski definition) is 1. The lowest BCUT2D eigenvalue weighted by Crippen LogP contribution is -1.98. The minimum absolute atomic E-state index is 0.0724. The summed E-state index contributed by atoms with van der Waals surface area (Å²) in [6.07, 6.45) is 5.50. The van der Waals surface area contributed by atoms with Crippen molar-refractivity contribution in [2.75, 3.05) is 6.61 Å². The largest absolute Gasteiger partial charge is 0.436 e. The predicted octanol–water partition coefficient (Wildman–Crippen LogP) is 1.45. The van der Waals surface area contributed by atoms with Crippen LogP contribution in [0.4, 0.5) is 0 Å². The molecule has 6 nitrogen and oxygen atoms in total. The normalized spacial score (nSPS) is 10.8. The second-order valence-electron chi connectivity index (χ2n) is 3.98. The summed E-state index contributed by atoms with van der Waals surface area (Å²) < 4.78 is 7.52. The number of hydrogen-bond acceptors (Lipinski definition) is 5. The first-order valence-electron chi connectivity index (χ1n) is 5.89. The highest BCUT2D eigenvalue weighted by Crippen LogP contribution is 2.26. The molecule has 6 heteroatoms. The fourth-order valence-electron chi connectivity index (χ4n) is 1.84. The summed E-state index contributed by atoms with van der Waals surface area (Å²) in [7, 11) is 0. The minimum Gasteiger partial charge on any atom is -0.436 e. The lowest BCUT2D eigenvalue weighted by molar-refractivity contribution is 0.297. The highest BCUT2D eigenvalue weighted by molar-refractivity contribution is 5.50. The zero-order valence-corrected chi connectivity index (χ0v) is 10.1. The van der Waals surface area contributed by atoms with Crippen LogP contribution in [0.5, 0.6) is 11.6 Å². The summed E-state index contributed by atoms with van der Waals surface area (Å²) in [5.74, 6) is 1.06. The van der Waals surface area contributed by atoms with Crippen molar-refractivity contribution in [3.05, 3.63) is 48.5 Å². The molecule has 0 fully saturated rings. The SMILES string of the molecule is OCCc1ccccc1Oc1nccn2cnnc12. The smallest absolute Gasteiger partial charge is 0.265 e. The summed E-state index contributed by atoms with van der Waals surface area (Å²) in [5.41, 5.74) is 1.48. The Labute approximate surface area is 109 Å². The second kappa shape index (κ2) is 5.03. The maximum atomic E-state index is 9.05. The summed E-state index contributed by atoms with van der Waals surface area (Å²) >= 11 is 0. The molecule has 0 saturated carbocycles. The van der Waals surface area contributed by atoms with E-state index in [0.717, 1.165) is 5.56 Å². The van der Waals surface area contributed by atoms with Gasteiger partial charge in [-0.2, -0.15) is 0 Å². The number of fused-ring (bicyclic) bond motifs is 1. The lowest BCUT2D eigenvalue weighted by Gasteiger charge is -2.09. The van der Waals surface area contributed by atoms with Gasteiger partial charge in [0.1, 0.15) is 12.1 Å². The Hall–Kier alpha value is -2.47. The van der Waals surface area contributed by atoms with E-state index < -0.39 is 0 Å². The number of para-hydroxylation sites is 1. The Morgan fingerprint density at radius 1 is 1.26 bits per heavy atom. The van der Waals surface area contributed by atoms with Crippen molar-refractivity contribution < 1.29 is 9.84 Å². The quantitative estimate of drug-likeness (QED) is 0.765. The molecule has 0 unspecified atom stereocenters. The van der Waals surface area contributed by atoms with Crippen molar-refractivity contribution in [2.24, 2.45) is 0 Å². The van der Waals surface area contributed by atoms with Crippen molar-refractivity contribution >= 4 is 5.65 Å². The van der Waals surface area contributed by atoms with E-state index in [0.29, 0.717) is 23.7 Å². The molecule has 3 rings (SSSR count). The Kier molecular flexibility index (Phi) is 3.07. The van der Waals surface area contributed by atoms with Gasteiger partial charge in [-0.15, -0.1) is 10.2 Å². The number of aliphatic hydroxyl groups is 1. The van der Waals surface area contributed by atoms with Gasteiger partial charge in [-0.05, 0) is 18.1 Å². The van der Waals surface area contributed by atoms with Crippen LogP contribution < -0.4 is 4.74 Å². The van der Waals surface area contributed by atoms with Crippen LogP contribution in [0.1, 0.15) is 5.56 Å². The van der Waals surface area contributed by atoms with Gasteiger partial charge in [0.25, 0.3) is 5.88 Å². The van der Waals surface area contributed by atoms with E-state index in [1.807, 2.05) is 24.3 Å². The molecule has 19 heavy (non-hydrogen) atoms. The van der Waals surface area contributed by atoms with Gasteiger partial charge < -0.3 is 9.84 Å². The maximum Gasteiger partial charge on any atom is 0.265 e. The third-order valence-corrected chi connectivity index (χ3v) is 2.74. The van der Waals surface area contributed by atoms with E-state index in [2.05, 4.69) is 15.2 Å². The molecule has 3 aromatic rings. The van der Waals surface area contributed by atoms with Crippen molar-refractivity contribution in [3.63, 3.8) is 0 Å². The summed E-state index contributed by atoms with van der Waals surface area (Å²) in [5, 5.41) is 16.8. The maximum absolute atomic E-state index is 9.05. The molecule has 0 bridgehead atoms.